The van der Waals surface area contributed by atoms with Gasteiger partial charge in [0.2, 0.25) is 0 Å². The molecule has 1 aromatic carbocycles. The smallest absolute Gasteiger partial charge is 0.383 e. The third-order valence-electron chi connectivity index (χ3n) is 2.53. The minimum absolute atomic E-state index is 0.146. The molecule has 2 N–H and O–H groups in total. The van der Waals surface area contributed by atoms with Gasteiger partial charge in [-0.25, -0.2) is 4.79 Å². The first-order valence-electron chi connectivity index (χ1n) is 6.02. The van der Waals surface area contributed by atoms with E-state index in [4.69, 9.17) is 4.74 Å². The fourth-order valence-corrected chi connectivity index (χ4v) is 1.56. The van der Waals surface area contributed by atoms with E-state index in [2.05, 4.69) is 10.6 Å². The summed E-state index contributed by atoms with van der Waals surface area (Å²) >= 11 is 0. The third kappa shape index (κ3) is 5.48. The van der Waals surface area contributed by atoms with E-state index in [1.165, 1.54) is 19.2 Å². The fourth-order valence-electron chi connectivity index (χ4n) is 1.56. The second-order valence-electron chi connectivity index (χ2n) is 4.38. The predicted molar refractivity (Wildman–Crippen MR) is 68.2 cm³/mol. The van der Waals surface area contributed by atoms with Gasteiger partial charge in [0.05, 0.1) is 18.2 Å². The molecule has 0 saturated heterocycles. The standard InChI is InChI=1S/C13H17F3N2O2/c1-9(8-20-2)18-12(19)17-7-10-3-5-11(6-4-10)13(14,15)16/h3-6,9H,7-8H2,1-2H3,(H2,17,18,19). The van der Waals surface area contributed by atoms with E-state index in [9.17, 15) is 18.0 Å². The molecule has 1 atom stereocenters. The van der Waals surface area contributed by atoms with Crippen molar-refractivity contribution >= 4 is 6.03 Å². The van der Waals surface area contributed by atoms with Crippen molar-refractivity contribution in [2.75, 3.05) is 13.7 Å². The Balaban J connectivity index is 2.44. The molecule has 0 aliphatic carbocycles. The number of ether oxygens (including phenoxy) is 1. The molecule has 0 aliphatic heterocycles. The minimum atomic E-state index is -4.35. The maximum absolute atomic E-state index is 12.4. The van der Waals surface area contributed by atoms with Gasteiger partial charge in [0, 0.05) is 13.7 Å². The van der Waals surface area contributed by atoms with Crippen LogP contribution in [0.1, 0.15) is 18.1 Å². The van der Waals surface area contributed by atoms with E-state index >= 15 is 0 Å². The van der Waals surface area contributed by atoms with E-state index in [0.29, 0.717) is 12.2 Å². The van der Waals surface area contributed by atoms with E-state index in [-0.39, 0.29) is 12.6 Å². The van der Waals surface area contributed by atoms with Gasteiger partial charge in [-0.15, -0.1) is 0 Å². The molecule has 1 aromatic rings. The molecule has 1 unspecified atom stereocenters. The largest absolute Gasteiger partial charge is 0.416 e. The summed E-state index contributed by atoms with van der Waals surface area (Å²) in [4.78, 5) is 11.5. The molecule has 0 aliphatic rings. The van der Waals surface area contributed by atoms with Crippen LogP contribution in [0.3, 0.4) is 0 Å². The lowest BCUT2D eigenvalue weighted by Crippen LogP contribution is -2.42. The number of methoxy groups -OCH3 is 1. The van der Waals surface area contributed by atoms with Gasteiger partial charge in [0.15, 0.2) is 0 Å². The molecule has 7 heteroatoms. The Morgan fingerprint density at radius 1 is 1.30 bits per heavy atom. The molecule has 112 valence electrons. The van der Waals surface area contributed by atoms with Gasteiger partial charge < -0.3 is 15.4 Å². The van der Waals surface area contributed by atoms with Crippen molar-refractivity contribution in [1.82, 2.24) is 10.6 Å². The van der Waals surface area contributed by atoms with Crippen LogP contribution in [-0.2, 0) is 17.5 Å². The molecule has 1 rings (SSSR count). The average molecular weight is 290 g/mol. The number of nitrogens with one attached hydrogen (secondary N) is 2. The SMILES string of the molecule is COCC(C)NC(=O)NCc1ccc(C(F)(F)F)cc1. The molecule has 0 bridgehead atoms. The highest BCUT2D eigenvalue weighted by molar-refractivity contribution is 5.74. The first kappa shape index (κ1) is 16.3. The van der Waals surface area contributed by atoms with Gasteiger partial charge in [-0.2, -0.15) is 13.2 Å². The Morgan fingerprint density at radius 2 is 1.90 bits per heavy atom. The molecule has 0 saturated carbocycles. The third-order valence-corrected chi connectivity index (χ3v) is 2.53. The quantitative estimate of drug-likeness (QED) is 0.875. The highest BCUT2D eigenvalue weighted by atomic mass is 19.4. The summed E-state index contributed by atoms with van der Waals surface area (Å²) in [6, 6.07) is 4.11. The summed E-state index contributed by atoms with van der Waals surface area (Å²) in [7, 11) is 1.53. The average Bonchev–Trinajstić information content (AvgIpc) is 2.36. The van der Waals surface area contributed by atoms with Crippen molar-refractivity contribution in [2.24, 2.45) is 0 Å². The van der Waals surface area contributed by atoms with Gasteiger partial charge in [-0.05, 0) is 24.6 Å². The lowest BCUT2D eigenvalue weighted by molar-refractivity contribution is -0.137. The van der Waals surface area contributed by atoms with E-state index in [1.54, 1.807) is 6.92 Å². The van der Waals surface area contributed by atoms with E-state index in [0.717, 1.165) is 12.1 Å². The zero-order valence-electron chi connectivity index (χ0n) is 11.3. The molecule has 0 aromatic heterocycles. The summed E-state index contributed by atoms with van der Waals surface area (Å²) in [6.07, 6.45) is -4.35. The van der Waals surface area contributed by atoms with Crippen molar-refractivity contribution < 1.29 is 22.7 Å². The number of rotatable bonds is 5. The fraction of sp³-hybridized carbons (Fsp3) is 0.462. The highest BCUT2D eigenvalue weighted by Gasteiger charge is 2.29. The van der Waals surface area contributed by atoms with Gasteiger partial charge in [0.1, 0.15) is 0 Å². The molecular formula is C13H17F3N2O2. The predicted octanol–water partition coefficient (Wildman–Crippen LogP) is 2.54. The van der Waals surface area contributed by atoms with Crippen molar-refractivity contribution in [1.29, 1.82) is 0 Å². The Bertz CT molecular complexity index is 432. The van der Waals surface area contributed by atoms with Crippen LogP contribution >= 0.6 is 0 Å². The van der Waals surface area contributed by atoms with Crippen molar-refractivity contribution in [2.45, 2.75) is 25.7 Å². The molecule has 2 amide bonds. The van der Waals surface area contributed by atoms with Crippen LogP contribution in [0.25, 0.3) is 0 Å². The first-order valence-corrected chi connectivity index (χ1v) is 6.02. The van der Waals surface area contributed by atoms with E-state index in [1.807, 2.05) is 0 Å². The number of urea groups is 1. The Morgan fingerprint density at radius 3 is 2.40 bits per heavy atom. The minimum Gasteiger partial charge on any atom is -0.383 e. The number of amides is 2. The van der Waals surface area contributed by atoms with Crippen LogP contribution in [-0.4, -0.2) is 25.8 Å². The topological polar surface area (TPSA) is 50.4 Å². The maximum atomic E-state index is 12.4. The van der Waals surface area contributed by atoms with Crippen molar-refractivity contribution in [3.63, 3.8) is 0 Å². The monoisotopic (exact) mass is 290 g/mol. The molecular weight excluding hydrogens is 273 g/mol. The first-order chi connectivity index (χ1) is 9.32. The number of carbonyl (C=O) groups excluding carboxylic acids is 1. The number of benzene rings is 1. The summed E-state index contributed by atoms with van der Waals surface area (Å²) in [5.74, 6) is 0. The molecule has 0 radical (unpaired) electrons. The van der Waals surface area contributed by atoms with Crippen molar-refractivity contribution in [3.8, 4) is 0 Å². The molecule has 0 heterocycles. The van der Waals surface area contributed by atoms with Gasteiger partial charge in [-0.3, -0.25) is 0 Å². The summed E-state index contributed by atoms with van der Waals surface area (Å²) in [5, 5.41) is 5.19. The highest BCUT2D eigenvalue weighted by Crippen LogP contribution is 2.28. The second-order valence-corrected chi connectivity index (χ2v) is 4.38. The van der Waals surface area contributed by atoms with Crippen LogP contribution < -0.4 is 10.6 Å². The van der Waals surface area contributed by atoms with Gasteiger partial charge in [-0.1, -0.05) is 12.1 Å². The van der Waals surface area contributed by atoms with Crippen LogP contribution in [0.15, 0.2) is 24.3 Å². The Labute approximate surface area is 115 Å². The Kier molecular flexibility index (Phi) is 5.82. The van der Waals surface area contributed by atoms with Crippen LogP contribution in [0, 0.1) is 0 Å². The molecule has 4 nitrogen and oxygen atoms in total. The summed E-state index contributed by atoms with van der Waals surface area (Å²) in [6.45, 7) is 2.32. The summed E-state index contributed by atoms with van der Waals surface area (Å²) < 4.78 is 41.9. The lowest BCUT2D eigenvalue weighted by atomic mass is 10.1. The van der Waals surface area contributed by atoms with Gasteiger partial charge in [0.25, 0.3) is 0 Å². The molecule has 0 spiro atoms. The number of alkyl halides is 3. The van der Waals surface area contributed by atoms with E-state index < -0.39 is 17.8 Å². The number of hydrogen-bond acceptors (Lipinski definition) is 2. The number of hydrogen-bond donors (Lipinski definition) is 2. The van der Waals surface area contributed by atoms with Crippen LogP contribution in [0.2, 0.25) is 0 Å². The van der Waals surface area contributed by atoms with Crippen LogP contribution in [0.4, 0.5) is 18.0 Å². The molecule has 0 fully saturated rings. The number of halogens is 3. The van der Waals surface area contributed by atoms with Crippen molar-refractivity contribution in [3.05, 3.63) is 35.4 Å². The lowest BCUT2D eigenvalue weighted by Gasteiger charge is -2.14. The summed E-state index contributed by atoms with van der Waals surface area (Å²) in [5.41, 5.74) is -0.119. The van der Waals surface area contributed by atoms with Gasteiger partial charge >= 0.3 is 12.2 Å². The Hall–Kier alpha value is -1.76. The second kappa shape index (κ2) is 7.14. The zero-order chi connectivity index (χ0) is 15.2. The zero-order valence-corrected chi connectivity index (χ0v) is 11.3. The normalized spacial score (nSPS) is 12.8. The molecule has 20 heavy (non-hydrogen) atoms. The number of carbonyl (C=O) groups is 1. The van der Waals surface area contributed by atoms with Crippen LogP contribution in [0.5, 0.6) is 0 Å². The maximum Gasteiger partial charge on any atom is 0.416 e.